The smallest absolute Gasteiger partial charge is 0.266 e. The Hall–Kier alpha value is -3.69. The van der Waals surface area contributed by atoms with Gasteiger partial charge in [0.05, 0.1) is 22.2 Å². The van der Waals surface area contributed by atoms with E-state index in [0.717, 1.165) is 47.9 Å². The molecule has 2 amide bonds. The largest absolute Gasteiger partial charge is 0.268 e. The van der Waals surface area contributed by atoms with E-state index in [4.69, 9.17) is 11.6 Å². The summed E-state index contributed by atoms with van der Waals surface area (Å²) in [6.07, 6.45) is 3.65. The predicted octanol–water partition coefficient (Wildman–Crippen LogP) is 6.68. The fraction of sp³-hybridized carbons (Fsp3) is 0.161. The number of benzene rings is 4. The molecule has 1 atom stereocenters. The van der Waals surface area contributed by atoms with Crippen molar-refractivity contribution in [2.45, 2.75) is 31.1 Å². The van der Waals surface area contributed by atoms with Crippen LogP contribution in [0.25, 0.3) is 11.1 Å². The number of hydrogen-bond acceptors (Lipinski definition) is 2. The first-order valence-electron chi connectivity index (χ1n) is 12.1. The molecule has 0 aromatic heterocycles. The Morgan fingerprint density at radius 2 is 1.23 bits per heavy atom. The molecular weight excluding hydrogens is 454 g/mol. The van der Waals surface area contributed by atoms with Crippen molar-refractivity contribution in [3.63, 3.8) is 0 Å². The zero-order chi connectivity index (χ0) is 23.7. The second kappa shape index (κ2) is 7.66. The minimum atomic E-state index is -0.457. The Balaban J connectivity index is 1.40. The maximum atomic E-state index is 13.7. The molecule has 6 aliphatic rings. The van der Waals surface area contributed by atoms with Gasteiger partial charge in [-0.3, -0.25) is 9.59 Å². The monoisotopic (exact) mass is 475 g/mol. The number of hydrogen-bond donors (Lipinski definition) is 0. The second-order valence-electron chi connectivity index (χ2n) is 9.58. The lowest BCUT2D eigenvalue weighted by Crippen LogP contribution is -2.29. The average molecular weight is 476 g/mol. The van der Waals surface area contributed by atoms with E-state index < -0.39 is 5.38 Å². The summed E-state index contributed by atoms with van der Waals surface area (Å²) in [6, 6.07) is 26.3. The van der Waals surface area contributed by atoms with Crippen molar-refractivity contribution < 1.29 is 9.59 Å². The van der Waals surface area contributed by atoms with Gasteiger partial charge in [-0.2, -0.15) is 0 Å². The van der Waals surface area contributed by atoms with Gasteiger partial charge >= 0.3 is 0 Å². The Labute approximate surface area is 209 Å². The normalized spacial score (nSPS) is 17.7. The van der Waals surface area contributed by atoms with Crippen LogP contribution in [0.1, 0.15) is 59.5 Å². The van der Waals surface area contributed by atoms with E-state index in [1.807, 2.05) is 30.3 Å². The first kappa shape index (κ1) is 20.7. The molecule has 1 heterocycles. The summed E-state index contributed by atoms with van der Waals surface area (Å²) in [5, 5.41) is -0.457. The molecule has 10 rings (SSSR count). The van der Waals surface area contributed by atoms with E-state index in [0.29, 0.717) is 16.8 Å². The number of para-hydroxylation sites is 1. The van der Waals surface area contributed by atoms with Crippen molar-refractivity contribution in [3.05, 3.63) is 123 Å². The number of rotatable bonds is 1. The second-order valence-corrected chi connectivity index (χ2v) is 10.0. The maximum Gasteiger partial charge on any atom is 0.266 e. The van der Waals surface area contributed by atoms with E-state index in [-0.39, 0.29) is 11.8 Å². The molecule has 5 aliphatic carbocycles. The third-order valence-electron chi connectivity index (χ3n) is 7.70. The lowest BCUT2D eigenvalue weighted by atomic mass is 9.88. The van der Waals surface area contributed by atoms with Crippen LogP contribution in [-0.2, 0) is 25.7 Å². The van der Waals surface area contributed by atoms with Gasteiger partial charge in [-0.05, 0) is 88.4 Å². The summed E-state index contributed by atoms with van der Waals surface area (Å²) in [6.45, 7) is 0. The van der Waals surface area contributed by atoms with Crippen LogP contribution in [0.15, 0.2) is 78.9 Å². The number of carbonyl (C=O) groups is 2. The van der Waals surface area contributed by atoms with Gasteiger partial charge in [-0.25, -0.2) is 4.90 Å². The first-order chi connectivity index (χ1) is 17.1. The Bertz CT molecular complexity index is 1540. The summed E-state index contributed by atoms with van der Waals surface area (Å²) in [5.41, 5.74) is 10.6. The van der Waals surface area contributed by atoms with Gasteiger partial charge in [0.2, 0.25) is 0 Å². The van der Waals surface area contributed by atoms with Crippen molar-refractivity contribution in [1.82, 2.24) is 0 Å². The van der Waals surface area contributed by atoms with Gasteiger partial charge < -0.3 is 0 Å². The molecule has 0 fully saturated rings. The molecule has 4 bridgehead atoms. The maximum absolute atomic E-state index is 13.7. The average Bonchev–Trinajstić information content (AvgIpc) is 3.32. The highest BCUT2D eigenvalue weighted by Crippen LogP contribution is 2.53. The number of nitrogens with zero attached hydrogens (tertiary/aromatic N) is 1. The van der Waals surface area contributed by atoms with Crippen LogP contribution < -0.4 is 4.90 Å². The third-order valence-corrected chi connectivity index (χ3v) is 8.13. The quantitative estimate of drug-likeness (QED) is 0.227. The van der Waals surface area contributed by atoms with Crippen molar-refractivity contribution in [1.29, 1.82) is 0 Å². The minimum Gasteiger partial charge on any atom is -0.268 e. The zero-order valence-electron chi connectivity index (χ0n) is 19.1. The first-order valence-corrected chi connectivity index (χ1v) is 12.5. The molecule has 4 aromatic rings. The molecule has 0 radical (unpaired) electrons. The molecule has 0 N–H and O–H groups in total. The van der Waals surface area contributed by atoms with Crippen LogP contribution in [0.2, 0.25) is 0 Å². The number of aryl methyl sites for hydroxylation is 4. The summed E-state index contributed by atoms with van der Waals surface area (Å²) in [7, 11) is 0. The topological polar surface area (TPSA) is 37.4 Å². The van der Waals surface area contributed by atoms with Crippen LogP contribution >= 0.6 is 11.6 Å². The van der Waals surface area contributed by atoms with E-state index in [1.165, 1.54) is 27.2 Å². The summed E-state index contributed by atoms with van der Waals surface area (Å²) in [4.78, 5) is 28.3. The van der Waals surface area contributed by atoms with E-state index in [1.54, 1.807) is 12.1 Å². The zero-order valence-corrected chi connectivity index (χ0v) is 19.8. The number of alkyl halides is 1. The number of anilines is 1. The summed E-state index contributed by atoms with van der Waals surface area (Å²) in [5.74, 6) is -0.572. The Morgan fingerprint density at radius 3 is 1.94 bits per heavy atom. The molecule has 3 nitrogen and oxygen atoms in total. The van der Waals surface area contributed by atoms with Crippen LogP contribution in [0, 0.1) is 0 Å². The summed E-state index contributed by atoms with van der Waals surface area (Å²) < 4.78 is 0. The van der Waals surface area contributed by atoms with Gasteiger partial charge in [-0.15, -0.1) is 11.6 Å². The molecule has 0 saturated heterocycles. The Morgan fingerprint density at radius 1 is 0.600 bits per heavy atom. The number of halogens is 1. The fourth-order valence-electron chi connectivity index (χ4n) is 5.96. The van der Waals surface area contributed by atoms with E-state index in [2.05, 4.69) is 36.4 Å². The number of carbonyl (C=O) groups excluding carboxylic acids is 2. The number of fused-ring (bicyclic) bond motifs is 3. The lowest BCUT2D eigenvalue weighted by molar-refractivity contribution is 0.0926. The molecule has 1 aliphatic heterocycles. The Kier molecular flexibility index (Phi) is 4.52. The standard InChI is InChI=1S/C31H22ClNO2/c32-29-26-21-13-11-19-8-6-18(7-9-19)10-12-20(14-15-21)25(26)23-16-17-24-28(27(23)29)31(35)33(30(24)34)22-4-2-1-3-5-22/h1-9,14-17,29H,10-13H2/t29-/m1/s1. The molecular formula is C31H22ClNO2. The highest BCUT2D eigenvalue weighted by Gasteiger charge is 2.44. The van der Waals surface area contributed by atoms with Gasteiger partial charge in [0.15, 0.2) is 0 Å². The van der Waals surface area contributed by atoms with Crippen molar-refractivity contribution in [2.75, 3.05) is 4.90 Å². The summed E-state index contributed by atoms with van der Waals surface area (Å²) >= 11 is 7.22. The van der Waals surface area contributed by atoms with Gasteiger partial charge in [0, 0.05) is 0 Å². The van der Waals surface area contributed by atoms with Gasteiger partial charge in [-0.1, -0.05) is 60.7 Å². The SMILES string of the molecule is O=C1c2ccc3c(c2C(=O)N1c1ccccc1)[C@H](Cl)c1c2ccc(c1-3)CCc1ccc(cc1)CC2. The fourth-order valence-corrected chi connectivity index (χ4v) is 6.44. The molecule has 170 valence electrons. The van der Waals surface area contributed by atoms with Crippen LogP contribution in [0.5, 0.6) is 0 Å². The van der Waals surface area contributed by atoms with Gasteiger partial charge in [0.1, 0.15) is 0 Å². The predicted molar refractivity (Wildman–Crippen MR) is 138 cm³/mol. The number of imide groups is 1. The molecule has 4 heteroatoms. The number of amides is 2. The molecule has 0 unspecified atom stereocenters. The van der Waals surface area contributed by atoms with Crippen molar-refractivity contribution in [3.8, 4) is 11.1 Å². The third kappa shape index (κ3) is 2.98. The molecule has 4 aromatic carbocycles. The molecule has 35 heavy (non-hydrogen) atoms. The minimum absolute atomic E-state index is 0.285. The van der Waals surface area contributed by atoms with E-state index in [9.17, 15) is 9.59 Å². The van der Waals surface area contributed by atoms with Crippen molar-refractivity contribution >= 4 is 29.1 Å². The van der Waals surface area contributed by atoms with Crippen LogP contribution in [0.4, 0.5) is 5.69 Å². The lowest BCUT2D eigenvalue weighted by Gasteiger charge is -2.17. The van der Waals surface area contributed by atoms with Crippen LogP contribution in [0.3, 0.4) is 0 Å². The molecule has 0 spiro atoms. The molecule has 0 saturated carbocycles. The van der Waals surface area contributed by atoms with Crippen molar-refractivity contribution in [2.24, 2.45) is 0 Å². The van der Waals surface area contributed by atoms with Gasteiger partial charge in [0.25, 0.3) is 11.8 Å². The highest BCUT2D eigenvalue weighted by molar-refractivity contribution is 6.37. The van der Waals surface area contributed by atoms with Crippen LogP contribution in [-0.4, -0.2) is 11.8 Å². The van der Waals surface area contributed by atoms with E-state index >= 15 is 0 Å². The highest BCUT2D eigenvalue weighted by atomic mass is 35.5.